The summed E-state index contributed by atoms with van der Waals surface area (Å²) in [5, 5.41) is 0.660. The summed E-state index contributed by atoms with van der Waals surface area (Å²) < 4.78 is 23.9. The summed E-state index contributed by atoms with van der Waals surface area (Å²) in [4.78, 5) is 2.14. The van der Waals surface area contributed by atoms with Gasteiger partial charge in [0, 0.05) is 35.7 Å². The molecule has 1 saturated heterocycles. The smallest absolute Gasteiger partial charge is 0.166 e. The van der Waals surface area contributed by atoms with Crippen LogP contribution in [0.15, 0.2) is 0 Å². The molecule has 0 N–H and O–H groups in total. The van der Waals surface area contributed by atoms with Crippen LogP contribution in [0.25, 0.3) is 0 Å². The van der Waals surface area contributed by atoms with Crippen LogP contribution in [-0.2, 0) is 9.84 Å². The van der Waals surface area contributed by atoms with Gasteiger partial charge in [0.1, 0.15) is 5.37 Å². The lowest BCUT2D eigenvalue weighted by Crippen LogP contribution is -2.49. The summed E-state index contributed by atoms with van der Waals surface area (Å²) in [5.74, 6) is 2.52. The van der Waals surface area contributed by atoms with Gasteiger partial charge in [-0.05, 0) is 5.92 Å². The Bertz CT molecular complexity index is 308. The van der Waals surface area contributed by atoms with Gasteiger partial charge in [-0.15, -0.1) is 0 Å². The number of nitrogens with zero attached hydrogens (tertiary/aromatic N) is 1. The lowest BCUT2D eigenvalue weighted by molar-refractivity contribution is 0.243. The number of rotatable bonds is 5. The molecule has 1 heterocycles. The molecule has 0 amide bonds. The van der Waals surface area contributed by atoms with Gasteiger partial charge in [0.25, 0.3) is 0 Å². The standard InChI is InChI=1S/C10H20BrNO2S2/c1-3-16(13,14)10-8-15-5-4-12(10)7-9(2)6-11/h9-10H,3-8H2,1-2H3. The van der Waals surface area contributed by atoms with E-state index in [0.717, 1.165) is 29.9 Å². The average Bonchev–Trinajstić information content (AvgIpc) is 2.29. The SMILES string of the molecule is CCS(=O)(=O)C1CSCCN1CC(C)CBr. The molecule has 0 radical (unpaired) electrons. The zero-order valence-corrected chi connectivity index (χ0v) is 13.1. The van der Waals surface area contributed by atoms with Crippen LogP contribution in [0.4, 0.5) is 0 Å². The number of alkyl halides is 1. The molecule has 6 heteroatoms. The molecule has 0 aliphatic carbocycles. The lowest BCUT2D eigenvalue weighted by Gasteiger charge is -2.35. The van der Waals surface area contributed by atoms with Crippen LogP contribution >= 0.6 is 27.7 Å². The van der Waals surface area contributed by atoms with Crippen LogP contribution in [0.3, 0.4) is 0 Å². The number of sulfone groups is 1. The van der Waals surface area contributed by atoms with Gasteiger partial charge in [0.2, 0.25) is 0 Å². The van der Waals surface area contributed by atoms with Crippen molar-refractivity contribution in [3.8, 4) is 0 Å². The van der Waals surface area contributed by atoms with Gasteiger partial charge in [0.15, 0.2) is 9.84 Å². The van der Waals surface area contributed by atoms with E-state index in [1.54, 1.807) is 18.7 Å². The summed E-state index contributed by atoms with van der Waals surface area (Å²) >= 11 is 5.20. The average molecular weight is 330 g/mol. The lowest BCUT2D eigenvalue weighted by atomic mass is 10.2. The Morgan fingerprint density at radius 3 is 2.81 bits per heavy atom. The second-order valence-corrected chi connectivity index (χ2v) is 8.48. The van der Waals surface area contributed by atoms with Crippen molar-refractivity contribution in [2.75, 3.05) is 35.7 Å². The summed E-state index contributed by atoms with van der Waals surface area (Å²) in [5.41, 5.74) is 0. The topological polar surface area (TPSA) is 37.4 Å². The highest BCUT2D eigenvalue weighted by Gasteiger charge is 2.33. The van der Waals surface area contributed by atoms with E-state index in [-0.39, 0.29) is 11.1 Å². The van der Waals surface area contributed by atoms with E-state index in [2.05, 4.69) is 27.8 Å². The van der Waals surface area contributed by atoms with Gasteiger partial charge in [-0.3, -0.25) is 4.90 Å². The molecule has 2 atom stereocenters. The van der Waals surface area contributed by atoms with Crippen molar-refractivity contribution in [3.05, 3.63) is 0 Å². The first-order chi connectivity index (χ1) is 7.51. The monoisotopic (exact) mass is 329 g/mol. The molecule has 1 rings (SSSR count). The third kappa shape index (κ3) is 3.89. The maximum atomic E-state index is 12.0. The van der Waals surface area contributed by atoms with Gasteiger partial charge in [-0.25, -0.2) is 8.42 Å². The van der Waals surface area contributed by atoms with Crippen LogP contribution in [0.5, 0.6) is 0 Å². The van der Waals surface area contributed by atoms with Crippen molar-refractivity contribution in [1.82, 2.24) is 4.90 Å². The molecule has 2 unspecified atom stereocenters. The van der Waals surface area contributed by atoms with Crippen LogP contribution < -0.4 is 0 Å². The quantitative estimate of drug-likeness (QED) is 0.721. The predicted molar refractivity (Wildman–Crippen MR) is 75.1 cm³/mol. The molecular formula is C10H20BrNO2S2. The van der Waals surface area contributed by atoms with Crippen molar-refractivity contribution in [2.24, 2.45) is 5.92 Å². The first-order valence-electron chi connectivity index (χ1n) is 5.60. The summed E-state index contributed by atoms with van der Waals surface area (Å²) in [6, 6.07) is 0. The first kappa shape index (κ1) is 14.8. The molecule has 0 aromatic carbocycles. The van der Waals surface area contributed by atoms with Crippen molar-refractivity contribution in [1.29, 1.82) is 0 Å². The third-order valence-corrected chi connectivity index (χ3v) is 7.25. The molecule has 0 saturated carbocycles. The normalized spacial score (nSPS) is 25.6. The second kappa shape index (κ2) is 6.61. The number of hydrogen-bond acceptors (Lipinski definition) is 4. The highest BCUT2D eigenvalue weighted by atomic mass is 79.9. The molecule has 1 fully saturated rings. The van der Waals surface area contributed by atoms with Gasteiger partial charge in [-0.1, -0.05) is 29.8 Å². The Hall–Kier alpha value is 0.740. The maximum absolute atomic E-state index is 12.0. The highest BCUT2D eigenvalue weighted by molar-refractivity contribution is 9.09. The molecule has 0 bridgehead atoms. The molecule has 0 spiro atoms. The second-order valence-electron chi connectivity index (χ2n) is 4.24. The Morgan fingerprint density at radius 1 is 1.56 bits per heavy atom. The number of thioether (sulfide) groups is 1. The van der Waals surface area contributed by atoms with Gasteiger partial charge < -0.3 is 0 Å². The maximum Gasteiger partial charge on any atom is 0.166 e. The zero-order chi connectivity index (χ0) is 12.2. The van der Waals surface area contributed by atoms with Crippen molar-refractivity contribution < 1.29 is 8.42 Å². The minimum atomic E-state index is -2.93. The largest absolute Gasteiger partial charge is 0.285 e. The van der Waals surface area contributed by atoms with Crippen LogP contribution in [0.1, 0.15) is 13.8 Å². The van der Waals surface area contributed by atoms with E-state index in [1.165, 1.54) is 0 Å². The predicted octanol–water partition coefficient (Wildman–Crippen LogP) is 1.83. The highest BCUT2D eigenvalue weighted by Crippen LogP contribution is 2.22. The molecule has 1 aliphatic rings. The Balaban J connectivity index is 2.71. The number of hydrogen-bond donors (Lipinski definition) is 0. The van der Waals surface area contributed by atoms with Crippen LogP contribution in [0.2, 0.25) is 0 Å². The molecule has 96 valence electrons. The summed E-state index contributed by atoms with van der Waals surface area (Å²) in [6.45, 7) is 5.65. The van der Waals surface area contributed by atoms with Crippen molar-refractivity contribution in [3.63, 3.8) is 0 Å². The van der Waals surface area contributed by atoms with E-state index in [0.29, 0.717) is 5.92 Å². The Kier molecular flexibility index (Phi) is 6.12. The summed E-state index contributed by atoms with van der Waals surface area (Å²) in [7, 11) is -2.93. The summed E-state index contributed by atoms with van der Waals surface area (Å²) in [6.07, 6.45) is 0. The first-order valence-corrected chi connectivity index (χ1v) is 9.59. The van der Waals surface area contributed by atoms with E-state index >= 15 is 0 Å². The van der Waals surface area contributed by atoms with E-state index in [1.807, 2.05) is 0 Å². The Labute approximate surface area is 111 Å². The molecule has 0 aromatic heterocycles. The van der Waals surface area contributed by atoms with Gasteiger partial charge in [-0.2, -0.15) is 11.8 Å². The third-order valence-electron chi connectivity index (χ3n) is 2.82. The fraction of sp³-hybridized carbons (Fsp3) is 1.00. The molecular weight excluding hydrogens is 310 g/mol. The zero-order valence-electron chi connectivity index (χ0n) is 9.86. The Morgan fingerprint density at radius 2 is 2.25 bits per heavy atom. The molecule has 0 aromatic rings. The minimum absolute atomic E-state index is 0.247. The minimum Gasteiger partial charge on any atom is -0.285 e. The number of halogens is 1. The molecule has 16 heavy (non-hydrogen) atoms. The van der Waals surface area contributed by atoms with Crippen LogP contribution in [-0.4, -0.2) is 54.4 Å². The molecule has 1 aliphatic heterocycles. The van der Waals surface area contributed by atoms with Gasteiger partial charge in [0.05, 0.1) is 0 Å². The van der Waals surface area contributed by atoms with E-state index < -0.39 is 9.84 Å². The van der Waals surface area contributed by atoms with Crippen LogP contribution in [0, 0.1) is 5.92 Å². The van der Waals surface area contributed by atoms with Crippen molar-refractivity contribution in [2.45, 2.75) is 19.2 Å². The fourth-order valence-corrected chi connectivity index (χ4v) is 5.09. The van der Waals surface area contributed by atoms with E-state index in [9.17, 15) is 8.42 Å². The fourth-order valence-electron chi connectivity index (χ4n) is 1.80. The van der Waals surface area contributed by atoms with Crippen molar-refractivity contribution >= 4 is 37.5 Å². The van der Waals surface area contributed by atoms with E-state index in [4.69, 9.17) is 0 Å². The van der Waals surface area contributed by atoms with Gasteiger partial charge >= 0.3 is 0 Å². The molecule has 3 nitrogen and oxygen atoms in total.